The van der Waals surface area contributed by atoms with Crippen LogP contribution in [0.5, 0.6) is 0 Å². The van der Waals surface area contributed by atoms with E-state index in [0.717, 1.165) is 6.42 Å². The summed E-state index contributed by atoms with van der Waals surface area (Å²) in [7, 11) is 1.52. The standard InChI is InChI=1S/C14H20ClN3O2/c1-3-9(8-16)6-13(19)18-10-4-5-12(15)11(7-10)14(20)17-2/h4-5,7,9H,3,6,8,16H2,1-2H3,(H,17,20)(H,18,19). The summed E-state index contributed by atoms with van der Waals surface area (Å²) in [5, 5.41) is 5.60. The average Bonchev–Trinajstić information content (AvgIpc) is 2.45. The van der Waals surface area contributed by atoms with Gasteiger partial charge in [-0.3, -0.25) is 9.59 Å². The lowest BCUT2D eigenvalue weighted by Crippen LogP contribution is -2.22. The third-order valence-electron chi connectivity index (χ3n) is 3.11. The van der Waals surface area contributed by atoms with E-state index in [1.54, 1.807) is 18.2 Å². The minimum Gasteiger partial charge on any atom is -0.355 e. The molecule has 4 N–H and O–H groups in total. The van der Waals surface area contributed by atoms with Crippen LogP contribution in [-0.4, -0.2) is 25.4 Å². The first-order valence-electron chi connectivity index (χ1n) is 6.53. The monoisotopic (exact) mass is 297 g/mol. The van der Waals surface area contributed by atoms with Crippen molar-refractivity contribution in [2.24, 2.45) is 11.7 Å². The minimum absolute atomic E-state index is 0.118. The molecule has 0 aliphatic carbocycles. The van der Waals surface area contributed by atoms with Gasteiger partial charge in [0.15, 0.2) is 0 Å². The number of halogens is 1. The topological polar surface area (TPSA) is 84.2 Å². The maximum Gasteiger partial charge on any atom is 0.252 e. The van der Waals surface area contributed by atoms with E-state index in [2.05, 4.69) is 10.6 Å². The van der Waals surface area contributed by atoms with Crippen LogP contribution in [0.4, 0.5) is 5.69 Å². The van der Waals surface area contributed by atoms with E-state index >= 15 is 0 Å². The highest BCUT2D eigenvalue weighted by Gasteiger charge is 2.13. The predicted octanol–water partition coefficient (Wildman–Crippen LogP) is 2.01. The molecule has 0 aromatic heterocycles. The van der Waals surface area contributed by atoms with Crippen LogP contribution in [0, 0.1) is 5.92 Å². The second-order valence-corrected chi connectivity index (χ2v) is 4.94. The molecular formula is C14H20ClN3O2. The Labute approximate surface area is 123 Å². The van der Waals surface area contributed by atoms with Gasteiger partial charge in [0, 0.05) is 19.2 Å². The molecule has 1 aromatic carbocycles. The molecule has 1 aromatic rings. The molecule has 0 radical (unpaired) electrons. The number of amides is 2. The van der Waals surface area contributed by atoms with Gasteiger partial charge in [0.05, 0.1) is 10.6 Å². The van der Waals surface area contributed by atoms with Crippen LogP contribution in [0.25, 0.3) is 0 Å². The third kappa shape index (κ3) is 4.51. The van der Waals surface area contributed by atoms with Crippen LogP contribution in [0.1, 0.15) is 30.1 Å². The Bertz CT molecular complexity index is 487. The summed E-state index contributed by atoms with van der Waals surface area (Å²) in [6.45, 7) is 2.48. The molecule has 2 amide bonds. The molecule has 0 fully saturated rings. The number of rotatable bonds is 6. The summed E-state index contributed by atoms with van der Waals surface area (Å²) < 4.78 is 0. The first-order valence-corrected chi connectivity index (χ1v) is 6.91. The lowest BCUT2D eigenvalue weighted by atomic mass is 10.0. The molecule has 0 bridgehead atoms. The molecule has 0 aliphatic heterocycles. The zero-order valence-electron chi connectivity index (χ0n) is 11.7. The number of carbonyl (C=O) groups excluding carboxylic acids is 2. The van der Waals surface area contributed by atoms with E-state index in [1.165, 1.54) is 7.05 Å². The van der Waals surface area contributed by atoms with Crippen molar-refractivity contribution in [1.29, 1.82) is 0 Å². The number of nitrogens with one attached hydrogen (secondary N) is 2. The number of anilines is 1. The summed E-state index contributed by atoms with van der Waals surface area (Å²) in [5.41, 5.74) is 6.45. The zero-order chi connectivity index (χ0) is 15.1. The van der Waals surface area contributed by atoms with Crippen molar-refractivity contribution < 1.29 is 9.59 Å². The van der Waals surface area contributed by atoms with E-state index in [0.29, 0.717) is 29.2 Å². The van der Waals surface area contributed by atoms with Gasteiger partial charge in [-0.25, -0.2) is 0 Å². The highest BCUT2D eigenvalue weighted by atomic mass is 35.5. The quantitative estimate of drug-likeness (QED) is 0.751. The molecule has 0 spiro atoms. The van der Waals surface area contributed by atoms with Crippen molar-refractivity contribution in [3.63, 3.8) is 0 Å². The van der Waals surface area contributed by atoms with E-state index in [1.807, 2.05) is 6.92 Å². The third-order valence-corrected chi connectivity index (χ3v) is 3.44. The summed E-state index contributed by atoms with van der Waals surface area (Å²) in [6.07, 6.45) is 1.22. The summed E-state index contributed by atoms with van der Waals surface area (Å²) in [6, 6.07) is 4.81. The zero-order valence-corrected chi connectivity index (χ0v) is 12.5. The Morgan fingerprint density at radius 3 is 2.65 bits per heavy atom. The highest BCUT2D eigenvalue weighted by Crippen LogP contribution is 2.21. The second-order valence-electron chi connectivity index (χ2n) is 4.54. The fourth-order valence-electron chi connectivity index (χ4n) is 1.78. The lowest BCUT2D eigenvalue weighted by molar-refractivity contribution is -0.117. The first kappa shape index (κ1) is 16.5. The van der Waals surface area contributed by atoms with Crippen LogP contribution in [0.15, 0.2) is 18.2 Å². The molecule has 1 atom stereocenters. The molecule has 0 aliphatic rings. The number of hydrogen-bond acceptors (Lipinski definition) is 3. The molecule has 5 nitrogen and oxygen atoms in total. The molecule has 1 unspecified atom stereocenters. The SMILES string of the molecule is CCC(CN)CC(=O)Nc1ccc(Cl)c(C(=O)NC)c1. The van der Waals surface area contributed by atoms with Gasteiger partial charge in [0.1, 0.15) is 0 Å². The van der Waals surface area contributed by atoms with Gasteiger partial charge >= 0.3 is 0 Å². The Morgan fingerprint density at radius 2 is 2.10 bits per heavy atom. The highest BCUT2D eigenvalue weighted by molar-refractivity contribution is 6.34. The van der Waals surface area contributed by atoms with E-state index in [-0.39, 0.29) is 17.7 Å². The normalized spacial score (nSPS) is 11.8. The fraction of sp³-hybridized carbons (Fsp3) is 0.429. The van der Waals surface area contributed by atoms with Crippen molar-refractivity contribution in [2.45, 2.75) is 19.8 Å². The molecule has 20 heavy (non-hydrogen) atoms. The Morgan fingerprint density at radius 1 is 1.40 bits per heavy atom. The summed E-state index contributed by atoms with van der Waals surface area (Å²) in [4.78, 5) is 23.5. The Balaban J connectivity index is 2.78. The van der Waals surface area contributed by atoms with E-state index in [4.69, 9.17) is 17.3 Å². The number of nitrogens with two attached hydrogens (primary N) is 1. The van der Waals surface area contributed by atoms with Gasteiger partial charge in [-0.15, -0.1) is 0 Å². The van der Waals surface area contributed by atoms with Crippen LogP contribution in [-0.2, 0) is 4.79 Å². The summed E-state index contributed by atoms with van der Waals surface area (Å²) >= 11 is 5.95. The number of benzene rings is 1. The maximum absolute atomic E-state index is 11.9. The van der Waals surface area contributed by atoms with Gasteiger partial charge in [0.2, 0.25) is 5.91 Å². The van der Waals surface area contributed by atoms with E-state index < -0.39 is 0 Å². The Kier molecular flexibility index (Phi) is 6.48. The fourth-order valence-corrected chi connectivity index (χ4v) is 1.98. The van der Waals surface area contributed by atoms with Crippen molar-refractivity contribution >= 4 is 29.1 Å². The minimum atomic E-state index is -0.292. The van der Waals surface area contributed by atoms with Gasteiger partial charge in [0.25, 0.3) is 5.91 Å². The van der Waals surface area contributed by atoms with E-state index in [9.17, 15) is 9.59 Å². The number of hydrogen-bond donors (Lipinski definition) is 3. The second kappa shape index (κ2) is 7.87. The smallest absolute Gasteiger partial charge is 0.252 e. The van der Waals surface area contributed by atoms with Crippen LogP contribution in [0.2, 0.25) is 5.02 Å². The molecule has 1 rings (SSSR count). The van der Waals surface area contributed by atoms with Crippen LogP contribution >= 0.6 is 11.6 Å². The lowest BCUT2D eigenvalue weighted by Gasteiger charge is -2.13. The van der Waals surface area contributed by atoms with Crippen molar-refractivity contribution in [3.05, 3.63) is 28.8 Å². The number of carbonyl (C=O) groups is 2. The average molecular weight is 298 g/mol. The van der Waals surface area contributed by atoms with Crippen LogP contribution in [0.3, 0.4) is 0 Å². The Hall–Kier alpha value is -1.59. The van der Waals surface area contributed by atoms with Crippen molar-refractivity contribution in [2.75, 3.05) is 18.9 Å². The van der Waals surface area contributed by atoms with Gasteiger partial charge in [-0.1, -0.05) is 24.9 Å². The molecule has 0 saturated heterocycles. The largest absolute Gasteiger partial charge is 0.355 e. The van der Waals surface area contributed by atoms with Crippen molar-refractivity contribution in [1.82, 2.24) is 5.32 Å². The van der Waals surface area contributed by atoms with Crippen LogP contribution < -0.4 is 16.4 Å². The summed E-state index contributed by atoms with van der Waals surface area (Å²) in [5.74, 6) is -0.243. The molecule has 0 heterocycles. The van der Waals surface area contributed by atoms with Gasteiger partial charge in [-0.05, 0) is 30.7 Å². The van der Waals surface area contributed by atoms with Crippen molar-refractivity contribution in [3.8, 4) is 0 Å². The molecular weight excluding hydrogens is 278 g/mol. The molecule has 0 saturated carbocycles. The molecule has 6 heteroatoms. The van der Waals surface area contributed by atoms with Gasteiger partial charge < -0.3 is 16.4 Å². The maximum atomic E-state index is 11.9. The van der Waals surface area contributed by atoms with Gasteiger partial charge in [-0.2, -0.15) is 0 Å². The molecule has 110 valence electrons. The predicted molar refractivity (Wildman–Crippen MR) is 80.9 cm³/mol. The first-order chi connectivity index (χ1) is 9.51.